The summed E-state index contributed by atoms with van der Waals surface area (Å²) in [7, 11) is 0. The Labute approximate surface area is 165 Å². The zero-order valence-corrected chi connectivity index (χ0v) is 18.1. The van der Waals surface area contributed by atoms with E-state index >= 15 is 0 Å². The molecule has 0 spiro atoms. The second kappa shape index (κ2) is 8.37. The molecule has 0 saturated carbocycles. The Bertz CT molecular complexity index is 700. The maximum atomic E-state index is 10.3. The maximum absolute atomic E-state index is 10.3. The zero-order valence-electron chi connectivity index (χ0n) is 18.1. The topological polar surface area (TPSA) is 40.5 Å². The fourth-order valence-electron chi connectivity index (χ4n) is 4.50. The number of phenolic OH excluding ortho intramolecular Hbond substituents is 2. The van der Waals surface area contributed by atoms with E-state index in [0.29, 0.717) is 17.4 Å². The van der Waals surface area contributed by atoms with Gasteiger partial charge in [0.2, 0.25) is 0 Å². The van der Waals surface area contributed by atoms with Gasteiger partial charge < -0.3 is 10.2 Å². The zero-order chi connectivity index (χ0) is 20.4. The van der Waals surface area contributed by atoms with Crippen molar-refractivity contribution in [3.63, 3.8) is 0 Å². The summed E-state index contributed by atoms with van der Waals surface area (Å²) in [6.45, 7) is 14.8. The highest BCUT2D eigenvalue weighted by atomic mass is 16.3. The molecule has 2 aromatic carbocycles. The van der Waals surface area contributed by atoms with Gasteiger partial charge in [0.15, 0.2) is 0 Å². The lowest BCUT2D eigenvalue weighted by atomic mass is 9.64. The van der Waals surface area contributed by atoms with Crippen molar-refractivity contribution in [2.45, 2.75) is 79.6 Å². The average molecular weight is 369 g/mol. The van der Waals surface area contributed by atoms with E-state index in [4.69, 9.17) is 0 Å². The van der Waals surface area contributed by atoms with E-state index in [2.05, 4.69) is 45.0 Å². The van der Waals surface area contributed by atoms with Crippen LogP contribution in [-0.4, -0.2) is 10.2 Å². The van der Waals surface area contributed by atoms with Crippen LogP contribution < -0.4 is 0 Å². The molecular formula is C25H36O2. The molecule has 0 amide bonds. The summed E-state index contributed by atoms with van der Waals surface area (Å²) in [5.74, 6) is 1.27. The highest BCUT2D eigenvalue weighted by molar-refractivity contribution is 5.52. The minimum absolute atomic E-state index is 0.170. The van der Waals surface area contributed by atoms with Crippen molar-refractivity contribution in [3.8, 4) is 11.5 Å². The van der Waals surface area contributed by atoms with Crippen molar-refractivity contribution in [3.05, 3.63) is 57.6 Å². The molecule has 0 bridgehead atoms. The quantitative estimate of drug-likeness (QED) is 0.561. The molecule has 148 valence electrons. The second-order valence-electron chi connectivity index (χ2n) is 8.37. The molecule has 2 rings (SSSR count). The van der Waals surface area contributed by atoms with Crippen LogP contribution >= 0.6 is 0 Å². The molecule has 0 aliphatic carbocycles. The SMILES string of the molecule is CCCCC(CC)C(C)(c1cc(C)c(O)c(C)c1)c1cc(C)c(O)c(C)c1. The molecule has 0 aliphatic rings. The monoisotopic (exact) mass is 368 g/mol. The third-order valence-corrected chi connectivity index (χ3v) is 6.40. The van der Waals surface area contributed by atoms with Crippen LogP contribution in [0, 0.1) is 33.6 Å². The molecule has 0 saturated heterocycles. The minimum atomic E-state index is -0.170. The number of hydrogen-bond donors (Lipinski definition) is 2. The second-order valence-corrected chi connectivity index (χ2v) is 8.37. The van der Waals surface area contributed by atoms with Crippen LogP contribution in [0.3, 0.4) is 0 Å². The fraction of sp³-hybridized carbons (Fsp3) is 0.520. The van der Waals surface area contributed by atoms with Crippen LogP contribution in [0.15, 0.2) is 24.3 Å². The van der Waals surface area contributed by atoms with Gasteiger partial charge in [-0.1, -0.05) is 64.3 Å². The number of benzene rings is 2. The lowest BCUT2D eigenvalue weighted by Gasteiger charge is -2.40. The molecule has 2 aromatic rings. The van der Waals surface area contributed by atoms with Gasteiger partial charge >= 0.3 is 0 Å². The lowest BCUT2D eigenvalue weighted by molar-refractivity contribution is 0.305. The third-order valence-electron chi connectivity index (χ3n) is 6.40. The third kappa shape index (κ3) is 4.00. The van der Waals surface area contributed by atoms with Crippen LogP contribution in [0.25, 0.3) is 0 Å². The summed E-state index contributed by atoms with van der Waals surface area (Å²) in [6, 6.07) is 8.59. The average Bonchev–Trinajstić information content (AvgIpc) is 2.63. The van der Waals surface area contributed by atoms with Gasteiger partial charge in [-0.3, -0.25) is 0 Å². The lowest BCUT2D eigenvalue weighted by Crippen LogP contribution is -2.34. The van der Waals surface area contributed by atoms with Gasteiger partial charge in [-0.15, -0.1) is 0 Å². The van der Waals surface area contributed by atoms with E-state index in [-0.39, 0.29) is 5.41 Å². The van der Waals surface area contributed by atoms with E-state index in [9.17, 15) is 10.2 Å². The Morgan fingerprint density at radius 1 is 0.778 bits per heavy atom. The van der Waals surface area contributed by atoms with E-state index in [1.54, 1.807) is 0 Å². The summed E-state index contributed by atoms with van der Waals surface area (Å²) in [5, 5.41) is 20.6. The molecular weight excluding hydrogens is 332 g/mol. The van der Waals surface area contributed by atoms with Gasteiger partial charge in [-0.25, -0.2) is 0 Å². The van der Waals surface area contributed by atoms with E-state index in [1.165, 1.54) is 30.4 Å². The molecule has 0 aromatic heterocycles. The molecule has 0 radical (unpaired) electrons. The van der Waals surface area contributed by atoms with Gasteiger partial charge in [0.25, 0.3) is 0 Å². The predicted octanol–water partition coefficient (Wildman–Crippen LogP) is 6.85. The Hall–Kier alpha value is -1.96. The van der Waals surface area contributed by atoms with Crippen molar-refractivity contribution in [2.24, 2.45) is 5.92 Å². The van der Waals surface area contributed by atoms with E-state index in [1.807, 2.05) is 27.7 Å². The molecule has 0 heterocycles. The number of phenols is 2. The fourth-order valence-corrected chi connectivity index (χ4v) is 4.50. The molecule has 27 heavy (non-hydrogen) atoms. The summed E-state index contributed by atoms with van der Waals surface area (Å²) in [5.41, 5.74) is 6.03. The Morgan fingerprint density at radius 2 is 1.15 bits per heavy atom. The van der Waals surface area contributed by atoms with Crippen molar-refractivity contribution in [2.75, 3.05) is 0 Å². The van der Waals surface area contributed by atoms with Gasteiger partial charge in [-0.05, 0) is 73.4 Å². The van der Waals surface area contributed by atoms with Crippen molar-refractivity contribution in [1.29, 1.82) is 0 Å². The van der Waals surface area contributed by atoms with Gasteiger partial charge in [-0.2, -0.15) is 0 Å². The van der Waals surface area contributed by atoms with Crippen LogP contribution in [0.2, 0.25) is 0 Å². The number of hydrogen-bond acceptors (Lipinski definition) is 2. The Morgan fingerprint density at radius 3 is 1.44 bits per heavy atom. The van der Waals surface area contributed by atoms with Crippen LogP contribution in [-0.2, 0) is 5.41 Å². The van der Waals surface area contributed by atoms with Gasteiger partial charge in [0.05, 0.1) is 0 Å². The minimum Gasteiger partial charge on any atom is -0.507 e. The molecule has 2 N–H and O–H groups in total. The van der Waals surface area contributed by atoms with Crippen LogP contribution in [0.5, 0.6) is 11.5 Å². The van der Waals surface area contributed by atoms with E-state index < -0.39 is 0 Å². The van der Waals surface area contributed by atoms with Crippen molar-refractivity contribution >= 4 is 0 Å². The normalized spacial score (nSPS) is 13.0. The number of aromatic hydroxyl groups is 2. The molecule has 1 atom stereocenters. The molecule has 1 unspecified atom stereocenters. The molecule has 0 aliphatic heterocycles. The largest absolute Gasteiger partial charge is 0.507 e. The first kappa shape index (κ1) is 21.3. The Kier molecular flexibility index (Phi) is 6.62. The van der Waals surface area contributed by atoms with Crippen molar-refractivity contribution in [1.82, 2.24) is 0 Å². The smallest absolute Gasteiger partial charge is 0.121 e. The highest BCUT2D eigenvalue weighted by Crippen LogP contribution is 2.46. The van der Waals surface area contributed by atoms with Crippen LogP contribution in [0.1, 0.15) is 79.8 Å². The number of unbranched alkanes of at least 4 members (excludes halogenated alkanes) is 1. The highest BCUT2D eigenvalue weighted by Gasteiger charge is 2.37. The first-order chi connectivity index (χ1) is 12.7. The summed E-state index contributed by atoms with van der Waals surface area (Å²) in [4.78, 5) is 0. The van der Waals surface area contributed by atoms with E-state index in [0.717, 1.165) is 28.7 Å². The summed E-state index contributed by atoms with van der Waals surface area (Å²) >= 11 is 0. The molecule has 2 heteroatoms. The van der Waals surface area contributed by atoms with Gasteiger partial charge in [0.1, 0.15) is 11.5 Å². The summed E-state index contributed by atoms with van der Waals surface area (Å²) < 4.78 is 0. The number of aryl methyl sites for hydroxylation is 4. The Balaban J connectivity index is 2.76. The maximum Gasteiger partial charge on any atom is 0.121 e. The first-order valence-electron chi connectivity index (χ1n) is 10.3. The summed E-state index contributed by atoms with van der Waals surface area (Å²) in [6.07, 6.45) is 4.66. The van der Waals surface area contributed by atoms with Crippen molar-refractivity contribution < 1.29 is 10.2 Å². The number of rotatable bonds is 7. The molecule has 0 fully saturated rings. The molecule has 2 nitrogen and oxygen atoms in total. The standard InChI is InChI=1S/C25H36O2/c1-8-10-11-20(9-2)25(7,21-12-16(3)23(26)17(4)13-21)22-14-18(5)24(27)19(6)15-22/h12-15,20,26-27H,8-11H2,1-7H3. The first-order valence-corrected chi connectivity index (χ1v) is 10.3. The van der Waals surface area contributed by atoms with Gasteiger partial charge in [0, 0.05) is 5.41 Å². The van der Waals surface area contributed by atoms with Crippen LogP contribution in [0.4, 0.5) is 0 Å². The predicted molar refractivity (Wildman–Crippen MR) is 115 cm³/mol.